The molecule has 13 heavy (non-hydrogen) atoms. The Morgan fingerprint density at radius 3 is 2.77 bits per heavy atom. The molecule has 78 valence electrons. The molecule has 0 aromatic carbocycles. The minimum Gasteiger partial charge on any atom is -0.298 e. The highest BCUT2D eigenvalue weighted by atomic mass is 19.1. The van der Waals surface area contributed by atoms with Crippen LogP contribution < -0.4 is 0 Å². The smallest absolute Gasteiger partial charge is 0.112 e. The first-order valence-electron chi connectivity index (χ1n) is 5.53. The van der Waals surface area contributed by atoms with Gasteiger partial charge in [-0.15, -0.1) is 0 Å². The van der Waals surface area contributed by atoms with E-state index in [2.05, 4.69) is 18.7 Å². The summed E-state index contributed by atoms with van der Waals surface area (Å²) < 4.78 is 13.2. The lowest BCUT2D eigenvalue weighted by atomic mass is 9.92. The third kappa shape index (κ3) is 2.94. The van der Waals surface area contributed by atoms with Crippen molar-refractivity contribution in [2.45, 2.75) is 52.2 Å². The fourth-order valence-electron chi connectivity index (χ4n) is 2.06. The molecule has 1 saturated heterocycles. The maximum atomic E-state index is 13.2. The zero-order chi connectivity index (χ0) is 9.84. The summed E-state index contributed by atoms with van der Waals surface area (Å²) in [5.74, 6) is 0.734. The van der Waals surface area contributed by atoms with E-state index in [0.29, 0.717) is 19.0 Å². The highest BCUT2D eigenvalue weighted by Gasteiger charge is 2.25. The lowest BCUT2D eigenvalue weighted by molar-refractivity contribution is 0.0828. The van der Waals surface area contributed by atoms with Gasteiger partial charge in [0.2, 0.25) is 0 Å². The molecule has 2 heteroatoms. The van der Waals surface area contributed by atoms with Crippen molar-refractivity contribution in [3.8, 4) is 0 Å². The van der Waals surface area contributed by atoms with Crippen LogP contribution in [0.15, 0.2) is 0 Å². The van der Waals surface area contributed by atoms with Gasteiger partial charge in [0.05, 0.1) is 0 Å². The molecule has 0 aliphatic carbocycles. The zero-order valence-electron chi connectivity index (χ0n) is 9.09. The molecular weight excluding hydrogens is 165 g/mol. The van der Waals surface area contributed by atoms with Crippen molar-refractivity contribution in [3.63, 3.8) is 0 Å². The van der Waals surface area contributed by atoms with E-state index in [1.165, 1.54) is 12.8 Å². The second-order valence-electron chi connectivity index (χ2n) is 4.36. The molecule has 1 aliphatic heterocycles. The summed E-state index contributed by atoms with van der Waals surface area (Å²) in [6, 6.07) is 0.568. The summed E-state index contributed by atoms with van der Waals surface area (Å²) in [6.07, 6.45) is 2.56. The van der Waals surface area contributed by atoms with Gasteiger partial charge >= 0.3 is 0 Å². The quantitative estimate of drug-likeness (QED) is 0.656. The minimum absolute atomic E-state index is 0.568. The van der Waals surface area contributed by atoms with Crippen LogP contribution in [0.1, 0.15) is 40.0 Å². The van der Waals surface area contributed by atoms with E-state index in [4.69, 9.17) is 0 Å². The summed E-state index contributed by atoms with van der Waals surface area (Å²) in [6.45, 7) is 8.15. The van der Waals surface area contributed by atoms with Gasteiger partial charge in [0.1, 0.15) is 6.17 Å². The normalized spacial score (nSPS) is 33.2. The highest BCUT2D eigenvalue weighted by Crippen LogP contribution is 2.23. The topological polar surface area (TPSA) is 3.24 Å². The molecule has 0 radical (unpaired) electrons. The summed E-state index contributed by atoms with van der Waals surface area (Å²) >= 11 is 0. The molecule has 0 N–H and O–H groups in total. The van der Waals surface area contributed by atoms with Crippen LogP contribution in [-0.4, -0.2) is 30.2 Å². The van der Waals surface area contributed by atoms with Crippen LogP contribution in [0.4, 0.5) is 4.39 Å². The molecule has 3 unspecified atom stereocenters. The van der Waals surface area contributed by atoms with E-state index < -0.39 is 6.17 Å². The van der Waals surface area contributed by atoms with Crippen LogP contribution in [0, 0.1) is 5.92 Å². The van der Waals surface area contributed by atoms with Crippen LogP contribution in [0.25, 0.3) is 0 Å². The lowest BCUT2D eigenvalue weighted by Crippen LogP contribution is -2.45. The van der Waals surface area contributed by atoms with Crippen molar-refractivity contribution in [2.75, 3.05) is 13.1 Å². The van der Waals surface area contributed by atoms with Gasteiger partial charge in [0.25, 0.3) is 0 Å². The van der Waals surface area contributed by atoms with Crippen molar-refractivity contribution >= 4 is 0 Å². The minimum atomic E-state index is -0.632. The van der Waals surface area contributed by atoms with Gasteiger partial charge in [-0.25, -0.2) is 4.39 Å². The largest absolute Gasteiger partial charge is 0.298 e. The van der Waals surface area contributed by atoms with E-state index in [1.807, 2.05) is 6.92 Å². The molecule has 0 saturated carbocycles. The van der Waals surface area contributed by atoms with Crippen LogP contribution in [-0.2, 0) is 0 Å². The Balaban J connectivity index is 2.39. The molecule has 1 rings (SSSR count). The molecule has 1 nitrogen and oxygen atoms in total. The first-order chi connectivity index (χ1) is 6.15. The number of hydrogen-bond donors (Lipinski definition) is 0. The molecule has 3 atom stereocenters. The Hall–Kier alpha value is -0.110. The van der Waals surface area contributed by atoms with E-state index in [-0.39, 0.29) is 0 Å². The number of alkyl halides is 1. The standard InChI is InChI=1S/C11H22FN/c1-4-11(12)8-13-7-5-6-9(2)10(13)3/h9-11H,4-8H2,1-3H3. The van der Waals surface area contributed by atoms with Crippen LogP contribution >= 0.6 is 0 Å². The average Bonchev–Trinajstić information content (AvgIpc) is 2.13. The average molecular weight is 187 g/mol. The third-order valence-electron chi connectivity index (χ3n) is 3.38. The summed E-state index contributed by atoms with van der Waals surface area (Å²) in [5, 5.41) is 0. The van der Waals surface area contributed by atoms with Gasteiger partial charge in [-0.3, -0.25) is 4.90 Å². The second-order valence-corrected chi connectivity index (χ2v) is 4.36. The van der Waals surface area contributed by atoms with Gasteiger partial charge in [-0.1, -0.05) is 13.8 Å². The molecule has 0 spiro atoms. The number of halogens is 1. The lowest BCUT2D eigenvalue weighted by Gasteiger charge is -2.38. The molecule has 0 bridgehead atoms. The van der Waals surface area contributed by atoms with E-state index in [1.54, 1.807) is 0 Å². The van der Waals surface area contributed by atoms with Crippen molar-refractivity contribution in [2.24, 2.45) is 5.92 Å². The van der Waals surface area contributed by atoms with Crippen LogP contribution in [0.5, 0.6) is 0 Å². The van der Waals surface area contributed by atoms with E-state index in [9.17, 15) is 4.39 Å². The number of nitrogens with zero attached hydrogens (tertiary/aromatic N) is 1. The predicted molar refractivity (Wildman–Crippen MR) is 54.6 cm³/mol. The van der Waals surface area contributed by atoms with Crippen molar-refractivity contribution in [3.05, 3.63) is 0 Å². The van der Waals surface area contributed by atoms with Gasteiger partial charge in [-0.05, 0) is 38.6 Å². The molecule has 0 amide bonds. The number of rotatable bonds is 3. The van der Waals surface area contributed by atoms with E-state index >= 15 is 0 Å². The Morgan fingerprint density at radius 2 is 2.15 bits per heavy atom. The first kappa shape index (κ1) is 11.0. The van der Waals surface area contributed by atoms with Crippen LogP contribution in [0.2, 0.25) is 0 Å². The van der Waals surface area contributed by atoms with Crippen LogP contribution in [0.3, 0.4) is 0 Å². The van der Waals surface area contributed by atoms with Crippen molar-refractivity contribution in [1.29, 1.82) is 0 Å². The maximum Gasteiger partial charge on any atom is 0.112 e. The Bertz CT molecular complexity index is 149. The second kappa shape index (κ2) is 4.94. The fourth-order valence-corrected chi connectivity index (χ4v) is 2.06. The number of likely N-dealkylation sites (tertiary alicyclic amines) is 1. The summed E-state index contributed by atoms with van der Waals surface area (Å²) in [7, 11) is 0. The molecule has 0 aromatic rings. The van der Waals surface area contributed by atoms with Crippen molar-refractivity contribution in [1.82, 2.24) is 4.90 Å². The highest BCUT2D eigenvalue weighted by molar-refractivity contribution is 4.79. The molecule has 1 aliphatic rings. The third-order valence-corrected chi connectivity index (χ3v) is 3.38. The van der Waals surface area contributed by atoms with E-state index in [0.717, 1.165) is 12.5 Å². The van der Waals surface area contributed by atoms with Gasteiger partial charge in [-0.2, -0.15) is 0 Å². The van der Waals surface area contributed by atoms with Gasteiger partial charge in [0.15, 0.2) is 0 Å². The molecular formula is C11H22FN. The summed E-state index contributed by atoms with van der Waals surface area (Å²) in [4.78, 5) is 2.31. The monoisotopic (exact) mass is 187 g/mol. The fraction of sp³-hybridized carbons (Fsp3) is 1.00. The summed E-state index contributed by atoms with van der Waals surface area (Å²) in [5.41, 5.74) is 0. The molecule has 1 fully saturated rings. The molecule has 0 aromatic heterocycles. The SMILES string of the molecule is CCC(F)CN1CCCC(C)C1C. The number of piperidine rings is 1. The Morgan fingerprint density at radius 1 is 1.46 bits per heavy atom. The number of hydrogen-bond acceptors (Lipinski definition) is 1. The first-order valence-corrected chi connectivity index (χ1v) is 5.53. The Labute approximate surface area is 81.3 Å². The Kier molecular flexibility index (Phi) is 4.17. The van der Waals surface area contributed by atoms with Gasteiger partial charge in [0, 0.05) is 12.6 Å². The van der Waals surface area contributed by atoms with Crippen molar-refractivity contribution < 1.29 is 4.39 Å². The molecule has 1 heterocycles. The van der Waals surface area contributed by atoms with Gasteiger partial charge < -0.3 is 0 Å². The maximum absolute atomic E-state index is 13.2. The predicted octanol–water partition coefficient (Wildman–Crippen LogP) is 2.85. The zero-order valence-corrected chi connectivity index (χ0v) is 9.09.